The predicted octanol–water partition coefficient (Wildman–Crippen LogP) is 3.73. The van der Waals surface area contributed by atoms with Crippen LogP contribution >= 0.6 is 27.3 Å². The van der Waals surface area contributed by atoms with Crippen LogP contribution in [0.25, 0.3) is 0 Å². The van der Waals surface area contributed by atoms with Gasteiger partial charge in [0.2, 0.25) is 0 Å². The molecule has 0 aliphatic heterocycles. The van der Waals surface area contributed by atoms with Gasteiger partial charge in [-0.05, 0) is 44.2 Å². The Morgan fingerprint density at radius 2 is 2.16 bits per heavy atom. The number of hydrogen-bond donors (Lipinski definition) is 1. The highest BCUT2D eigenvalue weighted by atomic mass is 79.9. The number of hydrogen-bond acceptors (Lipinski definition) is 3. The third kappa shape index (κ3) is 4.37. The summed E-state index contributed by atoms with van der Waals surface area (Å²) >= 11 is 4.99. The predicted molar refractivity (Wildman–Crippen MR) is 81.2 cm³/mol. The molecule has 1 aromatic heterocycles. The van der Waals surface area contributed by atoms with Crippen molar-refractivity contribution in [2.45, 2.75) is 25.8 Å². The molecule has 2 nitrogen and oxygen atoms in total. The molecule has 1 aromatic carbocycles. The van der Waals surface area contributed by atoms with E-state index in [0.29, 0.717) is 0 Å². The van der Waals surface area contributed by atoms with Crippen LogP contribution < -0.4 is 5.32 Å². The zero-order valence-electron chi connectivity index (χ0n) is 10.9. The first-order valence-corrected chi connectivity index (χ1v) is 7.77. The Kier molecular flexibility index (Phi) is 5.07. The molecule has 0 aliphatic rings. The highest BCUT2D eigenvalue weighted by Gasteiger charge is 2.11. The molecule has 0 saturated carbocycles. The van der Waals surface area contributed by atoms with Crippen LogP contribution in [-0.2, 0) is 12.8 Å². The third-order valence-electron chi connectivity index (χ3n) is 2.93. The molecule has 0 spiro atoms. The van der Waals surface area contributed by atoms with Gasteiger partial charge in [-0.3, -0.25) is 0 Å². The van der Waals surface area contributed by atoms with Gasteiger partial charge in [0.05, 0.1) is 10.7 Å². The molecule has 0 amide bonds. The van der Waals surface area contributed by atoms with E-state index in [1.54, 1.807) is 17.4 Å². The Morgan fingerprint density at radius 1 is 1.37 bits per heavy atom. The van der Waals surface area contributed by atoms with E-state index in [1.165, 1.54) is 6.07 Å². The standard InChI is InChI=1S/C14H16BrFN2S/c1-9-18-14(8-19-9)7-13(17-2)5-10-3-11(15)6-12(16)4-10/h3-4,6,8,13,17H,5,7H2,1-2H3. The van der Waals surface area contributed by atoms with E-state index >= 15 is 0 Å². The molecule has 5 heteroatoms. The first-order chi connectivity index (χ1) is 9.06. The monoisotopic (exact) mass is 342 g/mol. The quantitative estimate of drug-likeness (QED) is 0.895. The molecular formula is C14H16BrFN2S. The van der Waals surface area contributed by atoms with Gasteiger partial charge in [0.25, 0.3) is 0 Å². The molecule has 1 heterocycles. The summed E-state index contributed by atoms with van der Waals surface area (Å²) < 4.78 is 14.1. The highest BCUT2D eigenvalue weighted by Crippen LogP contribution is 2.17. The van der Waals surface area contributed by atoms with E-state index in [4.69, 9.17) is 0 Å². The maximum atomic E-state index is 13.4. The van der Waals surface area contributed by atoms with Gasteiger partial charge in [-0.1, -0.05) is 15.9 Å². The second-order valence-corrected chi connectivity index (χ2v) is 6.51. The van der Waals surface area contributed by atoms with Crippen molar-refractivity contribution < 1.29 is 4.39 Å². The van der Waals surface area contributed by atoms with Gasteiger partial charge in [-0.15, -0.1) is 11.3 Å². The van der Waals surface area contributed by atoms with Gasteiger partial charge >= 0.3 is 0 Å². The molecule has 0 saturated heterocycles. The fourth-order valence-electron chi connectivity index (χ4n) is 2.04. The molecule has 0 fully saturated rings. The maximum Gasteiger partial charge on any atom is 0.124 e. The first kappa shape index (κ1) is 14.6. The van der Waals surface area contributed by atoms with Crippen LogP contribution in [-0.4, -0.2) is 18.1 Å². The summed E-state index contributed by atoms with van der Waals surface area (Å²) in [5, 5.41) is 6.44. The lowest BCUT2D eigenvalue weighted by Crippen LogP contribution is -2.30. The van der Waals surface area contributed by atoms with Crippen LogP contribution in [0.4, 0.5) is 4.39 Å². The molecule has 1 atom stereocenters. The topological polar surface area (TPSA) is 24.9 Å². The summed E-state index contributed by atoms with van der Waals surface area (Å²) in [6.45, 7) is 2.01. The van der Waals surface area contributed by atoms with Gasteiger partial charge in [0, 0.05) is 22.3 Å². The lowest BCUT2D eigenvalue weighted by molar-refractivity contribution is 0.547. The van der Waals surface area contributed by atoms with Crippen LogP contribution in [0, 0.1) is 12.7 Å². The van der Waals surface area contributed by atoms with Crippen LogP contribution in [0.2, 0.25) is 0 Å². The number of halogens is 2. The number of rotatable bonds is 5. The Morgan fingerprint density at radius 3 is 2.74 bits per heavy atom. The van der Waals surface area contributed by atoms with Crippen molar-refractivity contribution in [2.75, 3.05) is 7.05 Å². The number of benzene rings is 1. The average Bonchev–Trinajstić information content (AvgIpc) is 2.72. The summed E-state index contributed by atoms with van der Waals surface area (Å²) in [4.78, 5) is 4.47. The minimum Gasteiger partial charge on any atom is -0.316 e. The SMILES string of the molecule is CNC(Cc1cc(F)cc(Br)c1)Cc1csc(C)n1. The van der Waals surface area contributed by atoms with Crippen molar-refractivity contribution in [3.05, 3.63) is 50.1 Å². The van der Waals surface area contributed by atoms with Gasteiger partial charge in [-0.25, -0.2) is 9.37 Å². The lowest BCUT2D eigenvalue weighted by atomic mass is 10.0. The zero-order chi connectivity index (χ0) is 13.8. The lowest BCUT2D eigenvalue weighted by Gasteiger charge is -2.15. The number of aromatic nitrogens is 1. The fraction of sp³-hybridized carbons (Fsp3) is 0.357. The Balaban J connectivity index is 2.06. The summed E-state index contributed by atoms with van der Waals surface area (Å²) in [7, 11) is 1.93. The maximum absolute atomic E-state index is 13.4. The van der Waals surface area contributed by atoms with Gasteiger partial charge in [-0.2, -0.15) is 0 Å². The van der Waals surface area contributed by atoms with E-state index in [0.717, 1.165) is 33.6 Å². The average molecular weight is 343 g/mol. The molecule has 1 unspecified atom stereocenters. The molecule has 0 bridgehead atoms. The van der Waals surface area contributed by atoms with E-state index < -0.39 is 0 Å². The number of thiazole rings is 1. The Bertz CT molecular complexity index is 536. The Labute approximate surface area is 125 Å². The summed E-state index contributed by atoms with van der Waals surface area (Å²) in [5.74, 6) is -0.205. The van der Waals surface area contributed by atoms with E-state index in [1.807, 2.05) is 20.0 Å². The van der Waals surface area contributed by atoms with E-state index in [-0.39, 0.29) is 11.9 Å². The van der Waals surface area contributed by atoms with Crippen molar-refractivity contribution >= 4 is 27.3 Å². The van der Waals surface area contributed by atoms with Crippen LogP contribution in [0.5, 0.6) is 0 Å². The number of nitrogens with one attached hydrogen (secondary N) is 1. The van der Waals surface area contributed by atoms with E-state index in [2.05, 4.69) is 31.6 Å². The molecule has 19 heavy (non-hydrogen) atoms. The minimum atomic E-state index is -0.205. The second kappa shape index (κ2) is 6.59. The van der Waals surface area contributed by atoms with Crippen molar-refractivity contribution in [3.63, 3.8) is 0 Å². The number of likely N-dealkylation sites (N-methyl/N-ethyl adjacent to an activating group) is 1. The molecule has 1 N–H and O–H groups in total. The van der Waals surface area contributed by atoms with Crippen LogP contribution in [0.1, 0.15) is 16.3 Å². The largest absolute Gasteiger partial charge is 0.316 e. The van der Waals surface area contributed by atoms with Gasteiger partial charge in [0.15, 0.2) is 0 Å². The van der Waals surface area contributed by atoms with Gasteiger partial charge < -0.3 is 5.32 Å². The first-order valence-electron chi connectivity index (χ1n) is 6.10. The summed E-state index contributed by atoms with van der Waals surface area (Å²) in [5.41, 5.74) is 2.08. The van der Waals surface area contributed by atoms with Crippen LogP contribution in [0.3, 0.4) is 0 Å². The van der Waals surface area contributed by atoms with Crippen molar-refractivity contribution in [3.8, 4) is 0 Å². The normalized spacial score (nSPS) is 12.6. The molecular weight excluding hydrogens is 327 g/mol. The zero-order valence-corrected chi connectivity index (χ0v) is 13.3. The molecule has 2 aromatic rings. The third-order valence-corrected chi connectivity index (χ3v) is 4.21. The molecule has 2 rings (SSSR count). The molecule has 0 aliphatic carbocycles. The second-order valence-electron chi connectivity index (χ2n) is 4.53. The van der Waals surface area contributed by atoms with Crippen molar-refractivity contribution in [2.24, 2.45) is 0 Å². The minimum absolute atomic E-state index is 0.205. The van der Waals surface area contributed by atoms with E-state index in [9.17, 15) is 4.39 Å². The fourth-order valence-corrected chi connectivity index (χ4v) is 3.18. The highest BCUT2D eigenvalue weighted by molar-refractivity contribution is 9.10. The summed E-state index contributed by atoms with van der Waals surface area (Å²) in [6.07, 6.45) is 1.64. The van der Waals surface area contributed by atoms with Crippen molar-refractivity contribution in [1.29, 1.82) is 0 Å². The number of aryl methyl sites for hydroxylation is 1. The molecule has 102 valence electrons. The smallest absolute Gasteiger partial charge is 0.124 e. The van der Waals surface area contributed by atoms with Crippen molar-refractivity contribution in [1.82, 2.24) is 10.3 Å². The number of nitrogens with zero attached hydrogens (tertiary/aromatic N) is 1. The Hall–Kier alpha value is -0.780. The van der Waals surface area contributed by atoms with Crippen LogP contribution in [0.15, 0.2) is 28.1 Å². The molecule has 0 radical (unpaired) electrons. The summed E-state index contributed by atoms with van der Waals surface area (Å²) in [6, 6.07) is 5.28. The van der Waals surface area contributed by atoms with Gasteiger partial charge in [0.1, 0.15) is 5.82 Å².